The predicted octanol–water partition coefficient (Wildman–Crippen LogP) is 4.45. The summed E-state index contributed by atoms with van der Waals surface area (Å²) in [5, 5.41) is 21.6. The summed E-state index contributed by atoms with van der Waals surface area (Å²) in [5.74, 6) is -2.70. The van der Waals surface area contributed by atoms with Gasteiger partial charge in [-0.3, -0.25) is 19.3 Å². The fourth-order valence-electron chi connectivity index (χ4n) is 5.22. The molecule has 0 radical (unpaired) electrons. The van der Waals surface area contributed by atoms with Crippen molar-refractivity contribution in [3.05, 3.63) is 88.1 Å². The Labute approximate surface area is 249 Å². The number of thioether (sulfide) groups is 1. The van der Waals surface area contributed by atoms with Gasteiger partial charge in [-0.25, -0.2) is 4.39 Å². The van der Waals surface area contributed by atoms with Crippen LogP contribution in [0.15, 0.2) is 75.5 Å². The minimum atomic E-state index is -0.945. The number of hydrogen-bond acceptors (Lipinski definition) is 10. The third kappa shape index (κ3) is 5.50. The van der Waals surface area contributed by atoms with Gasteiger partial charge in [-0.1, -0.05) is 67.3 Å². The SMILES string of the molecule is CC1(C)CC(=O)C2=C(C1)N(c1nnc(SCC(=O)Nc3ccccc3C(N)=O)s1)C(N)=C(C#N)C2c1ccccc1F. The number of primary amides is 1. The Morgan fingerprint density at radius 3 is 2.62 bits per heavy atom. The number of carbonyl (C=O) groups excluding carboxylic acids is 3. The zero-order valence-electron chi connectivity index (χ0n) is 22.7. The largest absolute Gasteiger partial charge is 0.384 e. The molecule has 1 aliphatic carbocycles. The van der Waals surface area contributed by atoms with Gasteiger partial charge in [-0.15, -0.1) is 10.2 Å². The van der Waals surface area contributed by atoms with Crippen LogP contribution in [0.3, 0.4) is 0 Å². The molecular weight excluding hydrogens is 577 g/mol. The molecule has 2 heterocycles. The summed E-state index contributed by atoms with van der Waals surface area (Å²) in [6, 6.07) is 14.6. The number of ketones is 1. The minimum absolute atomic E-state index is 0.0364. The van der Waals surface area contributed by atoms with Crippen LogP contribution >= 0.6 is 23.1 Å². The molecule has 2 aromatic carbocycles. The van der Waals surface area contributed by atoms with Crippen molar-refractivity contribution >= 4 is 51.5 Å². The quantitative estimate of drug-likeness (QED) is 0.331. The van der Waals surface area contributed by atoms with Crippen molar-refractivity contribution in [2.45, 2.75) is 36.9 Å². The number of carbonyl (C=O) groups is 3. The van der Waals surface area contributed by atoms with Crippen LogP contribution in [0.2, 0.25) is 0 Å². The molecule has 0 fully saturated rings. The van der Waals surface area contributed by atoms with E-state index in [9.17, 15) is 19.6 Å². The number of benzene rings is 2. The maximum atomic E-state index is 15.0. The summed E-state index contributed by atoms with van der Waals surface area (Å²) in [7, 11) is 0. The number of halogens is 1. The molecule has 0 saturated carbocycles. The maximum Gasteiger partial charge on any atom is 0.250 e. The van der Waals surface area contributed by atoms with Crippen LogP contribution in [-0.4, -0.2) is 33.5 Å². The van der Waals surface area contributed by atoms with E-state index in [4.69, 9.17) is 11.5 Å². The van der Waals surface area contributed by atoms with Crippen LogP contribution in [-0.2, 0) is 9.59 Å². The molecule has 214 valence electrons. The van der Waals surface area contributed by atoms with Gasteiger partial charge in [0.15, 0.2) is 10.1 Å². The number of anilines is 2. The van der Waals surface area contributed by atoms with Crippen LogP contribution in [0.4, 0.5) is 15.2 Å². The molecule has 1 atom stereocenters. The van der Waals surface area contributed by atoms with E-state index in [0.29, 0.717) is 32.8 Å². The number of rotatable bonds is 7. The van der Waals surface area contributed by atoms with Crippen LogP contribution in [0, 0.1) is 22.6 Å². The van der Waals surface area contributed by atoms with Crippen molar-refractivity contribution in [2.75, 3.05) is 16.0 Å². The molecule has 5 N–H and O–H groups in total. The molecule has 0 spiro atoms. The Morgan fingerprint density at radius 1 is 1.19 bits per heavy atom. The van der Waals surface area contributed by atoms with E-state index in [0.717, 1.165) is 23.1 Å². The topological polar surface area (TPSA) is 168 Å². The third-order valence-corrected chi connectivity index (χ3v) is 9.02. The van der Waals surface area contributed by atoms with E-state index >= 15 is 4.39 Å². The molecule has 2 amide bonds. The minimum Gasteiger partial charge on any atom is -0.384 e. The van der Waals surface area contributed by atoms with Crippen LogP contribution < -0.4 is 21.7 Å². The number of amides is 2. The lowest BCUT2D eigenvalue weighted by Crippen LogP contribution is -2.42. The van der Waals surface area contributed by atoms with E-state index in [1.54, 1.807) is 41.3 Å². The number of allylic oxidation sites excluding steroid dienone is 3. The second kappa shape index (κ2) is 11.4. The first-order chi connectivity index (χ1) is 20.0. The van der Waals surface area contributed by atoms with Gasteiger partial charge in [0.05, 0.1) is 34.6 Å². The molecule has 1 aliphatic heterocycles. The second-order valence-corrected chi connectivity index (χ2v) is 12.8. The molecule has 1 aromatic heterocycles. The molecule has 3 aromatic rings. The highest BCUT2D eigenvalue weighted by atomic mass is 32.2. The number of nitrogens with zero attached hydrogens (tertiary/aromatic N) is 4. The number of Topliss-reactive ketones (excluding diaryl/α,β-unsaturated/α-hetero) is 1. The van der Waals surface area contributed by atoms with Crippen molar-refractivity contribution in [3.8, 4) is 6.07 Å². The molecule has 2 aliphatic rings. The Bertz CT molecular complexity index is 1720. The van der Waals surface area contributed by atoms with Gasteiger partial charge in [0.1, 0.15) is 11.6 Å². The lowest BCUT2D eigenvalue weighted by atomic mass is 9.68. The number of para-hydroxylation sites is 1. The molecule has 13 heteroatoms. The molecule has 0 bridgehead atoms. The van der Waals surface area contributed by atoms with E-state index in [1.807, 2.05) is 13.8 Å². The van der Waals surface area contributed by atoms with Gasteiger partial charge in [0.2, 0.25) is 11.0 Å². The predicted molar refractivity (Wildman–Crippen MR) is 158 cm³/mol. The molecule has 1 unspecified atom stereocenters. The second-order valence-electron chi connectivity index (χ2n) is 10.6. The summed E-state index contributed by atoms with van der Waals surface area (Å²) in [6.45, 7) is 3.92. The molecule has 42 heavy (non-hydrogen) atoms. The van der Waals surface area contributed by atoms with Crippen molar-refractivity contribution < 1.29 is 18.8 Å². The number of nitrogens with one attached hydrogen (secondary N) is 1. The van der Waals surface area contributed by atoms with Crippen LogP contribution in [0.1, 0.15) is 48.5 Å². The highest BCUT2D eigenvalue weighted by Gasteiger charge is 2.46. The van der Waals surface area contributed by atoms with Gasteiger partial charge in [-0.05, 0) is 30.0 Å². The molecule has 5 rings (SSSR count). The molecular formula is C29H26FN7O3S2. The van der Waals surface area contributed by atoms with E-state index in [1.165, 1.54) is 12.1 Å². The smallest absolute Gasteiger partial charge is 0.250 e. The summed E-state index contributed by atoms with van der Waals surface area (Å²) >= 11 is 2.26. The average Bonchev–Trinajstić information content (AvgIpc) is 3.39. The summed E-state index contributed by atoms with van der Waals surface area (Å²) in [5.41, 5.74) is 13.2. The van der Waals surface area contributed by atoms with Gasteiger partial charge in [-0.2, -0.15) is 5.26 Å². The fourth-order valence-corrected chi connectivity index (χ4v) is 6.90. The Hall–Kier alpha value is -4.54. The van der Waals surface area contributed by atoms with Crippen molar-refractivity contribution in [1.82, 2.24) is 10.2 Å². The van der Waals surface area contributed by atoms with Crippen LogP contribution in [0.25, 0.3) is 0 Å². The standard InChI is InChI=1S/C29H26FN7O3S2/c1-29(2)11-20-24(21(38)12-29)23(15-7-3-5-9-18(15)30)17(13-31)25(32)37(20)27-35-36-28(42-27)41-14-22(39)34-19-10-6-4-8-16(19)26(33)40/h3-10,23H,11-12,14,32H2,1-2H3,(H2,33,40)(H,34,39). The average molecular weight is 604 g/mol. The first kappa shape index (κ1) is 29.0. The van der Waals surface area contributed by atoms with Crippen LogP contribution in [0.5, 0.6) is 0 Å². The lowest BCUT2D eigenvalue weighted by molar-refractivity contribution is -0.118. The number of aromatic nitrogens is 2. The Balaban J connectivity index is 1.46. The van der Waals surface area contributed by atoms with E-state index in [2.05, 4.69) is 21.6 Å². The highest BCUT2D eigenvalue weighted by molar-refractivity contribution is 8.01. The maximum absolute atomic E-state index is 15.0. The Morgan fingerprint density at radius 2 is 1.90 bits per heavy atom. The third-order valence-electron chi connectivity index (χ3n) is 6.98. The van der Waals surface area contributed by atoms with Gasteiger partial charge < -0.3 is 16.8 Å². The monoisotopic (exact) mass is 603 g/mol. The highest BCUT2D eigenvalue weighted by Crippen LogP contribution is 2.51. The van der Waals surface area contributed by atoms with Crippen molar-refractivity contribution in [2.24, 2.45) is 16.9 Å². The zero-order chi connectivity index (χ0) is 30.2. The molecule has 0 saturated heterocycles. The summed E-state index contributed by atoms with van der Waals surface area (Å²) in [6.07, 6.45) is 0.663. The van der Waals surface area contributed by atoms with Gasteiger partial charge in [0.25, 0.3) is 5.91 Å². The Kier molecular flexibility index (Phi) is 7.85. The van der Waals surface area contributed by atoms with Gasteiger partial charge in [0, 0.05) is 23.3 Å². The summed E-state index contributed by atoms with van der Waals surface area (Å²) < 4.78 is 15.5. The fraction of sp³-hybridized carbons (Fsp3) is 0.241. The number of hydrogen-bond donors (Lipinski definition) is 3. The number of nitriles is 1. The normalized spacial score (nSPS) is 18.0. The van der Waals surface area contributed by atoms with Crippen molar-refractivity contribution in [3.63, 3.8) is 0 Å². The molecule has 10 nitrogen and oxygen atoms in total. The zero-order valence-corrected chi connectivity index (χ0v) is 24.3. The first-order valence-electron chi connectivity index (χ1n) is 12.9. The number of nitrogens with two attached hydrogens (primary N) is 2. The lowest BCUT2D eigenvalue weighted by Gasteiger charge is -2.42. The first-order valence-corrected chi connectivity index (χ1v) is 14.7. The van der Waals surface area contributed by atoms with Gasteiger partial charge >= 0.3 is 0 Å². The summed E-state index contributed by atoms with van der Waals surface area (Å²) in [4.78, 5) is 39.4. The van der Waals surface area contributed by atoms with Crippen molar-refractivity contribution in [1.29, 1.82) is 5.26 Å². The van der Waals surface area contributed by atoms with E-state index in [-0.39, 0.29) is 46.4 Å². The van der Waals surface area contributed by atoms with E-state index < -0.39 is 23.1 Å².